The van der Waals surface area contributed by atoms with Gasteiger partial charge in [-0.25, -0.2) is 33.9 Å². The molecular weight excluding hydrogens is 1700 g/mol. The zero-order chi connectivity index (χ0) is 92.9. The molecule has 0 radical (unpaired) electrons. The van der Waals surface area contributed by atoms with E-state index in [1.54, 1.807) is 12.1 Å². The van der Waals surface area contributed by atoms with Crippen molar-refractivity contribution in [3.8, 4) is 0 Å². The number of nitrogens with one attached hydrogen (secondary N) is 1. The lowest BCUT2D eigenvalue weighted by Gasteiger charge is -2.18. The maximum atomic E-state index is 12.8. The van der Waals surface area contributed by atoms with E-state index in [0.717, 1.165) is 90.5 Å². The molecule has 16 rings (SSSR count). The standard InChI is InChI=1S/3C18H22N2O6.C17H18N4O6.C14H16N4O6/c1-11-2-4-12(5-3-11)6-8-19-14(22)7-9-20(18(19)25)17-16(24)15(23)13(10-21)26-17;1-11-3-2-4-12(9-11)5-7-19-14(22)6-8-20(18(19)25)17-16(24)15(23)13(10-21)26-17;1-11-4-2-3-5-12(11)6-8-19-14(22)7-9-20(18(19)25)17-16(24)15(23)13(10-21)26-17;22-8-12-14(24)15(25)16(27-12)20-6-5-13(23)21(17(20)26)7-11-9-3-1-2-4-10(9)18-19-11;19-7-8-11(21)12(22)13(24-8)17-5-2-10(20)18(14(17)23)6-9-15-3-1-4-16-9/h2-5,7,9,13,15-17,21,23-24H,6,8,10H2,1H3;2-4,6,8-9,13,15-17,21,23-24H,5,7,10H2,1H3;2-5,7,9,13,15-17,21,23-24H,6,8,10H2,1H3;1-6,12,14-16,22,24-25H,7-8H2,(H,18,19);1-5,8,11-13,19,21-22H,6-7H2/t3*13-,15+,16?,17-;12-,14+,15?,16-;8-,11+,12?,13-/m11111/s1. The van der Waals surface area contributed by atoms with Gasteiger partial charge in [-0.3, -0.25) is 74.7 Å². The minimum Gasteiger partial charge on any atom is -0.394 e. The van der Waals surface area contributed by atoms with Crippen LogP contribution in [0, 0.1) is 20.8 Å². The fraction of sp³-hybridized carbons (Fsp3) is 0.424. The Hall–Kier alpha value is -12.0. The van der Waals surface area contributed by atoms with Crippen LogP contribution in [0.5, 0.6) is 0 Å². The number of aromatic amines is 1. The van der Waals surface area contributed by atoms with Crippen molar-refractivity contribution in [2.75, 3.05) is 33.0 Å². The van der Waals surface area contributed by atoms with Crippen LogP contribution in [0.4, 0.5) is 0 Å². The number of aliphatic hydroxyl groups excluding tert-OH is 15. The number of hydrogen-bond acceptors (Lipinski definition) is 33. The lowest BCUT2D eigenvalue weighted by atomic mass is 10.1. The van der Waals surface area contributed by atoms with E-state index in [1.165, 1.54) is 67.6 Å². The topological polar surface area (TPSA) is 624 Å². The van der Waals surface area contributed by atoms with Crippen molar-refractivity contribution in [1.29, 1.82) is 0 Å². The molecule has 129 heavy (non-hydrogen) atoms. The SMILES string of the molecule is Cc1ccc(CCn2c(=O)ccn([C@@H]3O[C@H](CO)[C@H](O)C3O)c2=O)cc1.Cc1cccc(CCn2c(=O)ccn([C@@H]3O[C@H](CO)[C@H](O)C3O)c2=O)c1.Cc1ccccc1CCn1c(=O)ccn([C@@H]2O[C@H](CO)[C@H](O)C2O)c1=O.O=c1ccn([C@@H]2O[C@H](CO)[C@H](O)C2O)c(=O)n1Cc1[nH]nc2ccccc12.O=c1ccn([C@@H]2O[C@H](CO)[C@H](O)C2O)c(=O)n1Cc1ncccn1. The maximum Gasteiger partial charge on any atom is 0.333 e. The van der Waals surface area contributed by atoms with Crippen LogP contribution in [0.15, 0.2) is 225 Å². The van der Waals surface area contributed by atoms with Crippen LogP contribution >= 0.6 is 0 Å². The van der Waals surface area contributed by atoms with Crippen LogP contribution in [0.2, 0.25) is 0 Å². The molecule has 44 nitrogen and oxygen atoms in total. The Balaban J connectivity index is 0.000000146. The van der Waals surface area contributed by atoms with E-state index in [4.69, 9.17) is 28.8 Å². The second-order valence-corrected chi connectivity index (χ2v) is 31.0. The van der Waals surface area contributed by atoms with Crippen LogP contribution in [-0.4, -0.2) is 267 Å². The molecule has 11 aromatic rings. The number of para-hydroxylation sites is 1. The third kappa shape index (κ3) is 21.5. The largest absolute Gasteiger partial charge is 0.394 e. The summed E-state index contributed by atoms with van der Waals surface area (Å²) < 4.78 is 37.1. The normalized spacial score (nSPS) is 25.7. The third-order valence-electron chi connectivity index (χ3n) is 22.5. The first-order chi connectivity index (χ1) is 61.8. The van der Waals surface area contributed by atoms with Crippen molar-refractivity contribution >= 4 is 10.9 Å². The first-order valence-electron chi connectivity index (χ1n) is 40.9. The quantitative estimate of drug-likeness (QED) is 0.0283. The van der Waals surface area contributed by atoms with Crippen LogP contribution in [0.1, 0.15) is 76.0 Å². The van der Waals surface area contributed by atoms with Crippen molar-refractivity contribution in [1.82, 2.24) is 65.8 Å². The summed E-state index contributed by atoms with van der Waals surface area (Å²) in [6.07, 6.45) is -14.0. The van der Waals surface area contributed by atoms with Crippen molar-refractivity contribution in [2.45, 2.75) is 195 Å². The number of rotatable bonds is 23. The number of fused-ring (bicyclic) bond motifs is 1. The molecule has 0 bridgehead atoms. The lowest BCUT2D eigenvalue weighted by molar-refractivity contribution is -0.0556. The highest BCUT2D eigenvalue weighted by Gasteiger charge is 2.49. The molecule has 4 aromatic carbocycles. The van der Waals surface area contributed by atoms with Gasteiger partial charge in [0.05, 0.1) is 57.3 Å². The minimum absolute atomic E-state index is 0.0478. The summed E-state index contributed by atoms with van der Waals surface area (Å²) in [4.78, 5) is 132. The van der Waals surface area contributed by atoms with E-state index in [2.05, 4.69) is 20.2 Å². The number of nitrogens with zero attached hydrogens (tertiary/aromatic N) is 13. The summed E-state index contributed by atoms with van der Waals surface area (Å²) in [7, 11) is 0. The summed E-state index contributed by atoms with van der Waals surface area (Å²) in [5, 5.41) is 153. The van der Waals surface area contributed by atoms with Gasteiger partial charge in [0.2, 0.25) is 0 Å². The second kappa shape index (κ2) is 43.0. The molecule has 0 amide bonds. The Labute approximate surface area is 728 Å². The first-order valence-corrected chi connectivity index (χ1v) is 40.9. The van der Waals surface area contributed by atoms with E-state index in [9.17, 15) is 119 Å². The van der Waals surface area contributed by atoms with Crippen molar-refractivity contribution in [2.24, 2.45) is 0 Å². The molecule has 44 heteroatoms. The number of aromatic nitrogens is 14. The van der Waals surface area contributed by atoms with E-state index >= 15 is 0 Å². The van der Waals surface area contributed by atoms with Gasteiger partial charge in [-0.15, -0.1) is 0 Å². The predicted octanol–water partition coefficient (Wildman–Crippen LogP) is -6.48. The smallest absolute Gasteiger partial charge is 0.333 e. The molecule has 5 unspecified atom stereocenters. The van der Waals surface area contributed by atoms with Gasteiger partial charge >= 0.3 is 28.4 Å². The van der Waals surface area contributed by atoms with Gasteiger partial charge in [0.25, 0.3) is 27.8 Å². The Bertz CT molecular complexity index is 6310. The Morgan fingerprint density at radius 3 is 1.05 bits per heavy atom. The van der Waals surface area contributed by atoms with Gasteiger partial charge in [0.15, 0.2) is 31.1 Å². The summed E-state index contributed by atoms with van der Waals surface area (Å²) in [6.45, 7) is 3.75. The van der Waals surface area contributed by atoms with Crippen molar-refractivity contribution < 1.29 is 100 Å². The van der Waals surface area contributed by atoms with Crippen molar-refractivity contribution in [3.63, 3.8) is 0 Å². The molecule has 0 spiro atoms. The predicted molar refractivity (Wildman–Crippen MR) is 451 cm³/mol. The lowest BCUT2D eigenvalue weighted by Crippen LogP contribution is -2.43. The zero-order valence-electron chi connectivity index (χ0n) is 69.6. The second-order valence-electron chi connectivity index (χ2n) is 31.0. The molecule has 5 aliphatic heterocycles. The minimum atomic E-state index is -1.42. The summed E-state index contributed by atoms with van der Waals surface area (Å²) >= 11 is 0. The van der Waals surface area contributed by atoms with Gasteiger partial charge < -0.3 is 100 Å². The molecule has 7 aromatic heterocycles. The number of aryl methyl sites for hydroxylation is 6. The molecule has 5 fully saturated rings. The van der Waals surface area contributed by atoms with E-state index in [-0.39, 0.29) is 38.5 Å². The molecular formula is C85H100N14O30. The molecule has 12 heterocycles. The average molecular weight is 1800 g/mol. The summed E-state index contributed by atoms with van der Waals surface area (Å²) in [6, 6.07) is 38.1. The van der Waals surface area contributed by atoms with Crippen molar-refractivity contribution in [3.05, 3.63) is 326 Å². The average Bonchev–Trinajstić information content (AvgIpc) is 1.65. The monoisotopic (exact) mass is 1800 g/mol. The van der Waals surface area contributed by atoms with Crippen LogP contribution in [-0.2, 0) is 75.7 Å². The van der Waals surface area contributed by atoms with Gasteiger partial charge in [-0.2, -0.15) is 5.10 Å². The molecule has 0 saturated carbocycles. The van der Waals surface area contributed by atoms with Gasteiger partial charge in [-0.05, 0) is 74.4 Å². The van der Waals surface area contributed by atoms with Gasteiger partial charge in [0.1, 0.15) is 97.4 Å². The Kier molecular flexibility index (Phi) is 32.0. The highest BCUT2D eigenvalue weighted by molar-refractivity contribution is 5.81. The maximum absolute atomic E-state index is 12.8. The highest BCUT2D eigenvalue weighted by Crippen LogP contribution is 2.33. The van der Waals surface area contributed by atoms with E-state index in [1.807, 2.05) is 112 Å². The molecule has 16 N–H and O–H groups in total. The van der Waals surface area contributed by atoms with Crippen LogP contribution < -0.4 is 56.2 Å². The number of aliphatic hydroxyl groups is 15. The number of benzene rings is 4. The molecule has 690 valence electrons. The number of ether oxygens (including phenoxy) is 5. The van der Waals surface area contributed by atoms with E-state index in [0.29, 0.717) is 30.5 Å². The summed E-state index contributed by atoms with van der Waals surface area (Å²) in [5.74, 6) is 0.274. The third-order valence-corrected chi connectivity index (χ3v) is 22.5. The Morgan fingerprint density at radius 2 is 0.674 bits per heavy atom. The van der Waals surface area contributed by atoms with Crippen LogP contribution in [0.3, 0.4) is 0 Å². The fourth-order valence-corrected chi connectivity index (χ4v) is 15.2. The Morgan fingerprint density at radius 1 is 0.333 bits per heavy atom. The fourth-order valence-electron chi connectivity index (χ4n) is 15.2. The number of hydrogen-bond donors (Lipinski definition) is 16. The summed E-state index contributed by atoms with van der Waals surface area (Å²) in [5.41, 5.74) is 1.78. The highest BCUT2D eigenvalue weighted by atomic mass is 16.6. The van der Waals surface area contributed by atoms with Gasteiger partial charge in [-0.1, -0.05) is 102 Å². The molecule has 20 atom stereocenters. The first kappa shape index (κ1) is 96.1. The molecule has 0 aliphatic carbocycles. The zero-order valence-corrected chi connectivity index (χ0v) is 69.6. The van der Waals surface area contributed by atoms with Gasteiger partial charge in [0, 0.05) is 98.7 Å². The molecule has 5 aliphatic rings. The number of H-pyrrole nitrogens is 1. The van der Waals surface area contributed by atoms with Crippen LogP contribution in [0.25, 0.3) is 10.9 Å². The molecule has 5 saturated heterocycles. The van der Waals surface area contributed by atoms with E-state index < -0.39 is 212 Å².